The van der Waals surface area contributed by atoms with Crippen LogP contribution in [0.2, 0.25) is 0 Å². The molecule has 116 valence electrons. The van der Waals surface area contributed by atoms with Crippen LogP contribution in [0.1, 0.15) is 72.6 Å². The molecule has 0 unspecified atom stereocenters. The molecular formula is C19H34O. The van der Waals surface area contributed by atoms with Crippen LogP contribution in [-0.2, 0) is 4.74 Å². The molecule has 0 heterocycles. The zero-order chi connectivity index (χ0) is 15.1. The number of hydrogen-bond acceptors (Lipinski definition) is 1. The van der Waals surface area contributed by atoms with Gasteiger partial charge in [0.25, 0.3) is 0 Å². The van der Waals surface area contributed by atoms with Crippen LogP contribution in [0.15, 0.2) is 35.5 Å². The SMILES string of the molecule is CCC=CC=C(C)CCC=C(C)COCCCCCC. The highest BCUT2D eigenvalue weighted by Gasteiger charge is 1.93. The summed E-state index contributed by atoms with van der Waals surface area (Å²) in [5, 5.41) is 0. The molecule has 0 aliphatic rings. The van der Waals surface area contributed by atoms with Gasteiger partial charge in [0.2, 0.25) is 0 Å². The van der Waals surface area contributed by atoms with Gasteiger partial charge in [0.05, 0.1) is 6.61 Å². The average Bonchev–Trinajstić information content (AvgIpc) is 2.43. The van der Waals surface area contributed by atoms with Gasteiger partial charge < -0.3 is 4.74 Å². The maximum Gasteiger partial charge on any atom is 0.0674 e. The Balaban J connectivity index is 3.64. The zero-order valence-electron chi connectivity index (χ0n) is 14.1. The van der Waals surface area contributed by atoms with E-state index in [4.69, 9.17) is 4.74 Å². The van der Waals surface area contributed by atoms with Gasteiger partial charge in [-0.3, -0.25) is 0 Å². The van der Waals surface area contributed by atoms with Crippen molar-refractivity contribution in [2.24, 2.45) is 0 Å². The first-order valence-electron chi connectivity index (χ1n) is 8.26. The van der Waals surface area contributed by atoms with Gasteiger partial charge in [0, 0.05) is 6.61 Å². The second-order valence-electron chi connectivity index (χ2n) is 5.55. The van der Waals surface area contributed by atoms with E-state index in [2.05, 4.69) is 52.0 Å². The average molecular weight is 278 g/mol. The number of hydrogen-bond donors (Lipinski definition) is 0. The molecule has 0 bridgehead atoms. The first kappa shape index (κ1) is 19.2. The fourth-order valence-electron chi connectivity index (χ4n) is 1.92. The van der Waals surface area contributed by atoms with E-state index in [0.29, 0.717) is 0 Å². The van der Waals surface area contributed by atoms with Gasteiger partial charge in [-0.1, -0.05) is 68.6 Å². The lowest BCUT2D eigenvalue weighted by molar-refractivity contribution is 0.151. The van der Waals surface area contributed by atoms with E-state index >= 15 is 0 Å². The molecule has 0 N–H and O–H groups in total. The molecule has 0 fully saturated rings. The lowest BCUT2D eigenvalue weighted by Gasteiger charge is -2.04. The second-order valence-corrected chi connectivity index (χ2v) is 5.55. The van der Waals surface area contributed by atoms with Crippen molar-refractivity contribution in [1.82, 2.24) is 0 Å². The lowest BCUT2D eigenvalue weighted by atomic mass is 10.1. The largest absolute Gasteiger partial charge is 0.377 e. The Hall–Kier alpha value is -0.820. The van der Waals surface area contributed by atoms with Crippen LogP contribution in [0.3, 0.4) is 0 Å². The van der Waals surface area contributed by atoms with E-state index in [1.165, 1.54) is 36.8 Å². The maximum absolute atomic E-state index is 5.68. The molecule has 0 aliphatic carbocycles. The molecule has 0 aromatic heterocycles. The standard InChI is InChI=1S/C19H34O/c1-5-7-9-11-16-20-17-19(4)15-12-14-18(3)13-10-8-6-2/h8,10,13,15H,5-7,9,11-12,14,16-17H2,1-4H3. The van der Waals surface area contributed by atoms with Crippen molar-refractivity contribution in [3.05, 3.63) is 35.5 Å². The number of rotatable bonds is 12. The van der Waals surface area contributed by atoms with E-state index in [0.717, 1.165) is 32.5 Å². The van der Waals surface area contributed by atoms with Gasteiger partial charge in [0.15, 0.2) is 0 Å². The van der Waals surface area contributed by atoms with Crippen molar-refractivity contribution in [3.8, 4) is 0 Å². The predicted octanol–water partition coefficient (Wildman–Crippen LogP) is 6.22. The number of unbranched alkanes of at least 4 members (excludes halogenated alkanes) is 3. The molecule has 0 amide bonds. The van der Waals surface area contributed by atoms with E-state index in [9.17, 15) is 0 Å². The summed E-state index contributed by atoms with van der Waals surface area (Å²) in [7, 11) is 0. The van der Waals surface area contributed by atoms with Gasteiger partial charge in [-0.25, -0.2) is 0 Å². The van der Waals surface area contributed by atoms with Crippen LogP contribution in [0.25, 0.3) is 0 Å². The summed E-state index contributed by atoms with van der Waals surface area (Å²) in [6.07, 6.45) is 17.4. The van der Waals surface area contributed by atoms with Crippen molar-refractivity contribution in [2.75, 3.05) is 13.2 Å². The minimum Gasteiger partial charge on any atom is -0.377 e. The Morgan fingerprint density at radius 2 is 1.80 bits per heavy atom. The van der Waals surface area contributed by atoms with Crippen LogP contribution in [0.5, 0.6) is 0 Å². The van der Waals surface area contributed by atoms with Gasteiger partial charge in [-0.2, -0.15) is 0 Å². The van der Waals surface area contributed by atoms with Crippen molar-refractivity contribution < 1.29 is 4.74 Å². The van der Waals surface area contributed by atoms with E-state index < -0.39 is 0 Å². The van der Waals surface area contributed by atoms with Gasteiger partial charge >= 0.3 is 0 Å². The normalized spacial score (nSPS) is 13.4. The molecule has 0 aromatic rings. The van der Waals surface area contributed by atoms with Crippen molar-refractivity contribution in [1.29, 1.82) is 0 Å². The van der Waals surface area contributed by atoms with Crippen LogP contribution in [0.4, 0.5) is 0 Å². The molecule has 0 atom stereocenters. The lowest BCUT2D eigenvalue weighted by Crippen LogP contribution is -1.98. The summed E-state index contributed by atoms with van der Waals surface area (Å²) in [5.74, 6) is 0. The Bertz CT molecular complexity index is 297. The van der Waals surface area contributed by atoms with Gasteiger partial charge in [0.1, 0.15) is 0 Å². The third kappa shape index (κ3) is 13.6. The molecule has 0 aliphatic heterocycles. The summed E-state index contributed by atoms with van der Waals surface area (Å²) in [6.45, 7) is 10.5. The molecule has 20 heavy (non-hydrogen) atoms. The molecule has 0 saturated carbocycles. The Morgan fingerprint density at radius 3 is 2.50 bits per heavy atom. The van der Waals surface area contributed by atoms with Crippen molar-refractivity contribution >= 4 is 0 Å². The Labute approximate surface area is 126 Å². The maximum atomic E-state index is 5.68. The molecule has 0 aromatic carbocycles. The summed E-state index contributed by atoms with van der Waals surface area (Å²) in [4.78, 5) is 0. The quantitative estimate of drug-likeness (QED) is 0.234. The van der Waals surface area contributed by atoms with Crippen LogP contribution in [-0.4, -0.2) is 13.2 Å². The second kappa shape index (κ2) is 14.6. The van der Waals surface area contributed by atoms with Crippen LogP contribution >= 0.6 is 0 Å². The zero-order valence-corrected chi connectivity index (χ0v) is 14.1. The fourth-order valence-corrected chi connectivity index (χ4v) is 1.92. The minimum atomic E-state index is 0.796. The monoisotopic (exact) mass is 278 g/mol. The summed E-state index contributed by atoms with van der Waals surface area (Å²) in [5.41, 5.74) is 2.80. The number of ether oxygens (including phenoxy) is 1. The highest BCUT2D eigenvalue weighted by Crippen LogP contribution is 2.08. The highest BCUT2D eigenvalue weighted by atomic mass is 16.5. The molecule has 1 heteroatoms. The van der Waals surface area contributed by atoms with Gasteiger partial charge in [-0.05, 0) is 39.5 Å². The minimum absolute atomic E-state index is 0.796. The summed E-state index contributed by atoms with van der Waals surface area (Å²) < 4.78 is 5.68. The third-order valence-corrected chi connectivity index (χ3v) is 3.26. The Kier molecular flexibility index (Phi) is 14.0. The molecule has 0 spiro atoms. The molecular weight excluding hydrogens is 244 g/mol. The van der Waals surface area contributed by atoms with E-state index in [1.54, 1.807) is 0 Å². The topological polar surface area (TPSA) is 9.23 Å². The molecule has 1 nitrogen and oxygen atoms in total. The fraction of sp³-hybridized carbons (Fsp3) is 0.684. The summed E-state index contributed by atoms with van der Waals surface area (Å²) in [6, 6.07) is 0. The van der Waals surface area contributed by atoms with Crippen LogP contribution < -0.4 is 0 Å². The first-order chi connectivity index (χ1) is 9.70. The molecule has 0 rings (SSSR count). The van der Waals surface area contributed by atoms with Crippen LogP contribution in [0, 0.1) is 0 Å². The molecule has 0 saturated heterocycles. The van der Waals surface area contributed by atoms with Gasteiger partial charge in [-0.15, -0.1) is 0 Å². The van der Waals surface area contributed by atoms with E-state index in [-0.39, 0.29) is 0 Å². The smallest absolute Gasteiger partial charge is 0.0674 e. The Morgan fingerprint density at radius 1 is 1.00 bits per heavy atom. The number of allylic oxidation sites excluding steroid dienone is 5. The summed E-state index contributed by atoms with van der Waals surface area (Å²) >= 11 is 0. The van der Waals surface area contributed by atoms with Crippen molar-refractivity contribution in [3.63, 3.8) is 0 Å². The molecule has 0 radical (unpaired) electrons. The van der Waals surface area contributed by atoms with Crippen molar-refractivity contribution in [2.45, 2.75) is 72.6 Å². The highest BCUT2D eigenvalue weighted by molar-refractivity contribution is 5.11. The predicted molar refractivity (Wildman–Crippen MR) is 91.1 cm³/mol. The van der Waals surface area contributed by atoms with E-state index in [1.807, 2.05) is 0 Å². The third-order valence-electron chi connectivity index (χ3n) is 3.26. The first-order valence-corrected chi connectivity index (χ1v) is 8.26.